The third kappa shape index (κ3) is 2.61. The molecule has 5 nitrogen and oxygen atoms in total. The molecule has 0 aliphatic carbocycles. The predicted octanol–water partition coefficient (Wildman–Crippen LogP) is 1.68. The van der Waals surface area contributed by atoms with E-state index in [2.05, 4.69) is 22.2 Å². The molecule has 0 atom stereocenters. The van der Waals surface area contributed by atoms with E-state index in [1.165, 1.54) is 12.4 Å². The average molecular weight is 244 g/mol. The third-order valence-electron chi connectivity index (χ3n) is 2.82. The molecule has 94 valence electrons. The summed E-state index contributed by atoms with van der Waals surface area (Å²) in [6.07, 6.45) is 4.26. The fourth-order valence-corrected chi connectivity index (χ4v) is 1.83. The van der Waals surface area contributed by atoms with Crippen LogP contribution < -0.4 is 0 Å². The van der Waals surface area contributed by atoms with Crippen LogP contribution in [0.1, 0.15) is 35.6 Å². The molecular formula is C13H16N4O. The van der Waals surface area contributed by atoms with E-state index in [1.54, 1.807) is 6.07 Å². The smallest absolute Gasteiger partial charge is 0.170 e. The standard InChI is InChI=1S/C13H16N4O/c1-3-11-7-12(17(4-2)16-11)8-13(18)10-5-6-14-15-9-10/h5-7,9H,3-4,8H2,1-2H3. The van der Waals surface area contributed by atoms with Crippen LogP contribution in [-0.4, -0.2) is 25.8 Å². The number of carbonyl (C=O) groups is 1. The second kappa shape index (κ2) is 5.53. The molecule has 0 fully saturated rings. The van der Waals surface area contributed by atoms with Crippen LogP contribution >= 0.6 is 0 Å². The summed E-state index contributed by atoms with van der Waals surface area (Å²) in [7, 11) is 0. The minimum atomic E-state index is 0.0437. The van der Waals surface area contributed by atoms with E-state index >= 15 is 0 Å². The van der Waals surface area contributed by atoms with Gasteiger partial charge in [0.05, 0.1) is 24.5 Å². The maximum atomic E-state index is 12.1. The largest absolute Gasteiger partial charge is 0.294 e. The van der Waals surface area contributed by atoms with Gasteiger partial charge in [0.15, 0.2) is 5.78 Å². The van der Waals surface area contributed by atoms with E-state index in [9.17, 15) is 4.79 Å². The van der Waals surface area contributed by atoms with Crippen molar-refractivity contribution in [2.24, 2.45) is 0 Å². The number of hydrogen-bond donors (Lipinski definition) is 0. The maximum absolute atomic E-state index is 12.1. The highest BCUT2D eigenvalue weighted by Crippen LogP contribution is 2.09. The van der Waals surface area contributed by atoms with Gasteiger partial charge in [-0.15, -0.1) is 0 Å². The molecule has 18 heavy (non-hydrogen) atoms. The highest BCUT2D eigenvalue weighted by Gasteiger charge is 2.12. The summed E-state index contributed by atoms with van der Waals surface area (Å²) in [4.78, 5) is 12.1. The van der Waals surface area contributed by atoms with Gasteiger partial charge in [0.25, 0.3) is 0 Å². The maximum Gasteiger partial charge on any atom is 0.170 e. The number of aryl methyl sites for hydroxylation is 2. The SMILES string of the molecule is CCc1cc(CC(=O)c2ccnnc2)n(CC)n1. The lowest BCUT2D eigenvalue weighted by Gasteiger charge is -2.03. The van der Waals surface area contributed by atoms with E-state index < -0.39 is 0 Å². The van der Waals surface area contributed by atoms with E-state index in [-0.39, 0.29) is 5.78 Å². The van der Waals surface area contributed by atoms with Gasteiger partial charge in [-0.1, -0.05) is 6.92 Å². The van der Waals surface area contributed by atoms with E-state index in [4.69, 9.17) is 0 Å². The van der Waals surface area contributed by atoms with Crippen LogP contribution in [0.3, 0.4) is 0 Å². The Balaban J connectivity index is 2.19. The van der Waals surface area contributed by atoms with Crippen LogP contribution in [0.15, 0.2) is 24.5 Å². The second-order valence-electron chi connectivity index (χ2n) is 4.03. The zero-order valence-corrected chi connectivity index (χ0v) is 10.6. The van der Waals surface area contributed by atoms with Gasteiger partial charge in [-0.2, -0.15) is 15.3 Å². The summed E-state index contributed by atoms with van der Waals surface area (Å²) in [5.74, 6) is 0.0437. The van der Waals surface area contributed by atoms with Crippen molar-refractivity contribution in [3.8, 4) is 0 Å². The van der Waals surface area contributed by atoms with Gasteiger partial charge < -0.3 is 0 Å². The molecule has 0 aliphatic heterocycles. The molecule has 0 spiro atoms. The van der Waals surface area contributed by atoms with Crippen LogP contribution in [0.25, 0.3) is 0 Å². The Morgan fingerprint density at radius 2 is 2.17 bits per heavy atom. The third-order valence-corrected chi connectivity index (χ3v) is 2.82. The summed E-state index contributed by atoms with van der Waals surface area (Å²) in [5.41, 5.74) is 2.57. The minimum absolute atomic E-state index is 0.0437. The van der Waals surface area contributed by atoms with Gasteiger partial charge in [0.2, 0.25) is 0 Å². The zero-order valence-electron chi connectivity index (χ0n) is 10.6. The van der Waals surface area contributed by atoms with Crippen LogP contribution in [0, 0.1) is 0 Å². The normalized spacial score (nSPS) is 10.6. The summed E-state index contributed by atoms with van der Waals surface area (Å²) in [6.45, 7) is 4.85. The minimum Gasteiger partial charge on any atom is -0.294 e. The molecular weight excluding hydrogens is 228 g/mol. The van der Waals surface area contributed by atoms with Gasteiger partial charge in [-0.05, 0) is 25.5 Å². The van der Waals surface area contributed by atoms with Crippen molar-refractivity contribution in [2.75, 3.05) is 0 Å². The molecule has 0 bridgehead atoms. The lowest BCUT2D eigenvalue weighted by atomic mass is 10.1. The highest BCUT2D eigenvalue weighted by atomic mass is 16.1. The molecule has 0 saturated carbocycles. The van der Waals surface area contributed by atoms with Crippen molar-refractivity contribution in [3.05, 3.63) is 41.5 Å². The molecule has 2 heterocycles. The van der Waals surface area contributed by atoms with Gasteiger partial charge in [-0.25, -0.2) is 0 Å². The van der Waals surface area contributed by atoms with Gasteiger partial charge in [0.1, 0.15) is 0 Å². The van der Waals surface area contributed by atoms with Crippen LogP contribution in [0.5, 0.6) is 0 Å². The van der Waals surface area contributed by atoms with Crippen LogP contribution in [0.4, 0.5) is 0 Å². The highest BCUT2D eigenvalue weighted by molar-refractivity contribution is 5.96. The molecule has 2 aromatic rings. The number of hydrogen-bond acceptors (Lipinski definition) is 4. The molecule has 0 saturated heterocycles. The van der Waals surface area contributed by atoms with Crippen molar-refractivity contribution < 1.29 is 4.79 Å². The number of carbonyl (C=O) groups excluding carboxylic acids is 1. The number of ketones is 1. The van der Waals surface area contributed by atoms with Crippen LogP contribution in [0.2, 0.25) is 0 Å². The molecule has 0 unspecified atom stereocenters. The Kier molecular flexibility index (Phi) is 3.82. The molecule has 0 N–H and O–H groups in total. The van der Waals surface area contributed by atoms with Gasteiger partial charge in [-0.3, -0.25) is 9.48 Å². The summed E-state index contributed by atoms with van der Waals surface area (Å²) in [5, 5.41) is 11.8. The Bertz CT molecular complexity index is 533. The Labute approximate surface area is 106 Å². The topological polar surface area (TPSA) is 60.7 Å². The quantitative estimate of drug-likeness (QED) is 0.751. The summed E-state index contributed by atoms with van der Waals surface area (Å²) >= 11 is 0. The van der Waals surface area contributed by atoms with Crippen molar-refractivity contribution >= 4 is 5.78 Å². The van der Waals surface area contributed by atoms with Gasteiger partial charge >= 0.3 is 0 Å². The molecule has 0 aliphatic rings. The number of aromatic nitrogens is 4. The lowest BCUT2D eigenvalue weighted by molar-refractivity contribution is 0.0990. The predicted molar refractivity (Wildman–Crippen MR) is 67.3 cm³/mol. The van der Waals surface area contributed by atoms with Crippen molar-refractivity contribution in [3.63, 3.8) is 0 Å². The molecule has 0 radical (unpaired) electrons. The first-order chi connectivity index (χ1) is 8.74. The Hall–Kier alpha value is -2.04. The number of Topliss-reactive ketones (excluding diaryl/α,β-unsaturated/α-hetero) is 1. The summed E-state index contributed by atoms with van der Waals surface area (Å²) in [6, 6.07) is 3.68. The molecule has 0 aromatic carbocycles. The first kappa shape index (κ1) is 12.4. The van der Waals surface area contributed by atoms with Gasteiger partial charge in [0, 0.05) is 17.8 Å². The first-order valence-corrected chi connectivity index (χ1v) is 6.10. The summed E-state index contributed by atoms with van der Waals surface area (Å²) < 4.78 is 1.88. The fourth-order valence-electron chi connectivity index (χ4n) is 1.83. The number of rotatable bonds is 5. The van der Waals surface area contributed by atoms with Crippen molar-refractivity contribution in [1.29, 1.82) is 0 Å². The van der Waals surface area contributed by atoms with E-state index in [0.29, 0.717) is 12.0 Å². The van der Waals surface area contributed by atoms with Crippen molar-refractivity contribution in [2.45, 2.75) is 33.2 Å². The Morgan fingerprint density at radius 1 is 1.33 bits per heavy atom. The fraction of sp³-hybridized carbons (Fsp3) is 0.385. The van der Waals surface area contributed by atoms with Crippen molar-refractivity contribution in [1.82, 2.24) is 20.0 Å². The van der Waals surface area contributed by atoms with Crippen LogP contribution in [-0.2, 0) is 19.4 Å². The molecule has 5 heteroatoms. The molecule has 2 rings (SSSR count). The average Bonchev–Trinajstić information content (AvgIpc) is 2.82. The zero-order chi connectivity index (χ0) is 13.0. The van der Waals surface area contributed by atoms with E-state index in [0.717, 1.165) is 24.4 Å². The van der Waals surface area contributed by atoms with E-state index in [1.807, 2.05) is 17.7 Å². The monoisotopic (exact) mass is 244 g/mol. The number of nitrogens with zero attached hydrogens (tertiary/aromatic N) is 4. The molecule has 0 amide bonds. The molecule has 2 aromatic heterocycles. The lowest BCUT2D eigenvalue weighted by Crippen LogP contribution is -2.10. The second-order valence-corrected chi connectivity index (χ2v) is 4.03. The Morgan fingerprint density at radius 3 is 2.78 bits per heavy atom. The first-order valence-electron chi connectivity index (χ1n) is 6.10.